The lowest BCUT2D eigenvalue weighted by Crippen LogP contribution is -2.43. The average molecular weight is 237 g/mol. The van der Waals surface area contributed by atoms with Gasteiger partial charge >= 0.3 is 0 Å². The summed E-state index contributed by atoms with van der Waals surface area (Å²) in [4.78, 5) is 0. The molecule has 0 aliphatic carbocycles. The van der Waals surface area contributed by atoms with E-state index in [1.165, 1.54) is 0 Å². The first kappa shape index (κ1) is 13.5. The average Bonchev–Trinajstić information content (AvgIpc) is 2.40. The van der Waals surface area contributed by atoms with Crippen molar-refractivity contribution in [2.24, 2.45) is 10.9 Å². The number of nitrogens with two attached hydrogens (primary N) is 1. The quantitative estimate of drug-likeness (QED) is 0.255. The number of hydrogen-bond donors (Lipinski definition) is 4. The number of nitrogens with one attached hydrogen (secondary N) is 1. The van der Waals surface area contributed by atoms with Gasteiger partial charge in [-0.15, -0.1) is 0 Å². The van der Waals surface area contributed by atoms with E-state index >= 15 is 0 Å². The molecule has 5 heteroatoms. The molecule has 1 aromatic carbocycles. The maximum atomic E-state index is 9.37. The molecule has 0 heterocycles. The Bertz CT molecular complexity index is 354. The first-order valence-electron chi connectivity index (χ1n) is 5.62. The molecule has 0 amide bonds. The molecule has 0 fully saturated rings. The topological polar surface area (TPSA) is 90.9 Å². The van der Waals surface area contributed by atoms with E-state index in [0.717, 1.165) is 5.56 Å². The molecular formula is C12H19N3O2. The Balaban J connectivity index is 2.76. The SMILES string of the molecule is CCC(NC(CO)c1ccccc1)C(N)=NO. The van der Waals surface area contributed by atoms with E-state index in [0.29, 0.717) is 6.42 Å². The molecule has 2 unspecified atom stereocenters. The highest BCUT2D eigenvalue weighted by Crippen LogP contribution is 2.13. The van der Waals surface area contributed by atoms with Gasteiger partial charge in [-0.25, -0.2) is 0 Å². The zero-order valence-corrected chi connectivity index (χ0v) is 9.87. The van der Waals surface area contributed by atoms with Gasteiger partial charge in [0.2, 0.25) is 0 Å². The molecule has 5 N–H and O–H groups in total. The molecule has 0 saturated carbocycles. The molecule has 1 aromatic rings. The first-order chi connectivity index (χ1) is 8.22. The standard InChI is InChI=1S/C12H19N3O2/c1-2-10(12(13)15-17)14-11(8-16)9-6-4-3-5-7-9/h3-7,10-11,14,16-17H,2,8H2,1H3,(H2,13,15). The van der Waals surface area contributed by atoms with Crippen LogP contribution in [0.4, 0.5) is 0 Å². The van der Waals surface area contributed by atoms with Crippen molar-refractivity contribution >= 4 is 5.84 Å². The van der Waals surface area contributed by atoms with Gasteiger partial charge in [-0.3, -0.25) is 5.32 Å². The number of aliphatic hydroxyl groups is 1. The molecule has 0 aliphatic rings. The van der Waals surface area contributed by atoms with Crippen molar-refractivity contribution < 1.29 is 10.3 Å². The Hall–Kier alpha value is -1.59. The Morgan fingerprint density at radius 2 is 2.06 bits per heavy atom. The highest BCUT2D eigenvalue weighted by Gasteiger charge is 2.17. The van der Waals surface area contributed by atoms with Gasteiger partial charge < -0.3 is 16.0 Å². The molecule has 0 aliphatic heterocycles. The second kappa shape index (κ2) is 6.88. The lowest BCUT2D eigenvalue weighted by molar-refractivity contribution is 0.238. The van der Waals surface area contributed by atoms with Crippen molar-refractivity contribution in [3.8, 4) is 0 Å². The van der Waals surface area contributed by atoms with Gasteiger partial charge in [0, 0.05) is 0 Å². The van der Waals surface area contributed by atoms with Crippen LogP contribution in [0.2, 0.25) is 0 Å². The zero-order chi connectivity index (χ0) is 12.7. The van der Waals surface area contributed by atoms with E-state index in [1.54, 1.807) is 0 Å². The third-order valence-electron chi connectivity index (χ3n) is 2.67. The van der Waals surface area contributed by atoms with Gasteiger partial charge in [0.25, 0.3) is 0 Å². The number of benzene rings is 1. The van der Waals surface area contributed by atoms with Crippen molar-refractivity contribution in [3.63, 3.8) is 0 Å². The van der Waals surface area contributed by atoms with Crippen LogP contribution < -0.4 is 11.1 Å². The van der Waals surface area contributed by atoms with Gasteiger partial charge in [0.05, 0.1) is 18.7 Å². The molecule has 0 radical (unpaired) electrons. The van der Waals surface area contributed by atoms with E-state index in [9.17, 15) is 5.11 Å². The van der Waals surface area contributed by atoms with Crippen molar-refractivity contribution in [2.75, 3.05) is 6.61 Å². The van der Waals surface area contributed by atoms with E-state index in [1.807, 2.05) is 37.3 Å². The summed E-state index contributed by atoms with van der Waals surface area (Å²) in [5.41, 5.74) is 6.54. The molecule has 2 atom stereocenters. The van der Waals surface area contributed by atoms with Crippen LogP contribution in [-0.2, 0) is 0 Å². The summed E-state index contributed by atoms with van der Waals surface area (Å²) in [6.07, 6.45) is 0.680. The second-order valence-electron chi connectivity index (χ2n) is 3.80. The number of aliphatic hydroxyl groups excluding tert-OH is 1. The minimum atomic E-state index is -0.252. The maximum Gasteiger partial charge on any atom is 0.156 e. The minimum absolute atomic E-state index is 0.0424. The summed E-state index contributed by atoms with van der Waals surface area (Å²) in [6.45, 7) is 1.88. The fraction of sp³-hybridized carbons (Fsp3) is 0.417. The molecule has 94 valence electrons. The van der Waals surface area contributed by atoms with Gasteiger partial charge in [-0.05, 0) is 12.0 Å². The van der Waals surface area contributed by atoms with Gasteiger partial charge in [0.15, 0.2) is 5.84 Å². The summed E-state index contributed by atoms with van der Waals surface area (Å²) >= 11 is 0. The third kappa shape index (κ3) is 3.72. The maximum absolute atomic E-state index is 9.37. The van der Waals surface area contributed by atoms with Gasteiger partial charge in [0.1, 0.15) is 0 Å². The van der Waals surface area contributed by atoms with Crippen LogP contribution in [0, 0.1) is 0 Å². The van der Waals surface area contributed by atoms with Crippen molar-refractivity contribution in [2.45, 2.75) is 25.4 Å². The second-order valence-corrected chi connectivity index (χ2v) is 3.80. The Labute approximate surface area is 101 Å². The van der Waals surface area contributed by atoms with Gasteiger partial charge in [-0.1, -0.05) is 42.4 Å². The fourth-order valence-electron chi connectivity index (χ4n) is 1.66. The van der Waals surface area contributed by atoms with Crippen LogP contribution in [0.3, 0.4) is 0 Å². The number of rotatable bonds is 6. The summed E-state index contributed by atoms with van der Waals surface area (Å²) in [7, 11) is 0. The summed E-state index contributed by atoms with van der Waals surface area (Å²) in [5, 5.41) is 24.2. The van der Waals surface area contributed by atoms with Crippen molar-refractivity contribution in [3.05, 3.63) is 35.9 Å². The van der Waals surface area contributed by atoms with Crippen LogP contribution in [0.15, 0.2) is 35.5 Å². The van der Waals surface area contributed by atoms with Crippen molar-refractivity contribution in [1.29, 1.82) is 0 Å². The Kier molecular flexibility index (Phi) is 5.45. The van der Waals surface area contributed by atoms with Crippen LogP contribution in [0.5, 0.6) is 0 Å². The largest absolute Gasteiger partial charge is 0.409 e. The fourth-order valence-corrected chi connectivity index (χ4v) is 1.66. The number of amidine groups is 1. The zero-order valence-electron chi connectivity index (χ0n) is 9.87. The molecular weight excluding hydrogens is 218 g/mol. The molecule has 0 aromatic heterocycles. The smallest absolute Gasteiger partial charge is 0.156 e. The summed E-state index contributed by atoms with van der Waals surface area (Å²) in [6, 6.07) is 9.10. The van der Waals surface area contributed by atoms with E-state index < -0.39 is 0 Å². The predicted octanol–water partition coefficient (Wildman–Crippen LogP) is 0.835. The lowest BCUT2D eigenvalue weighted by atomic mass is 10.1. The molecule has 17 heavy (non-hydrogen) atoms. The number of oxime groups is 1. The Morgan fingerprint density at radius 1 is 1.41 bits per heavy atom. The molecule has 5 nitrogen and oxygen atoms in total. The normalized spacial score (nSPS) is 15.5. The predicted molar refractivity (Wildman–Crippen MR) is 66.9 cm³/mol. The summed E-state index contributed by atoms with van der Waals surface area (Å²) < 4.78 is 0. The third-order valence-corrected chi connectivity index (χ3v) is 2.67. The van der Waals surface area contributed by atoms with Crippen LogP contribution >= 0.6 is 0 Å². The Morgan fingerprint density at radius 3 is 2.53 bits per heavy atom. The van der Waals surface area contributed by atoms with E-state index in [-0.39, 0.29) is 24.5 Å². The monoisotopic (exact) mass is 237 g/mol. The first-order valence-corrected chi connectivity index (χ1v) is 5.62. The van der Waals surface area contributed by atoms with E-state index in [4.69, 9.17) is 10.9 Å². The number of hydrogen-bond acceptors (Lipinski definition) is 4. The highest BCUT2D eigenvalue weighted by atomic mass is 16.4. The van der Waals surface area contributed by atoms with Crippen LogP contribution in [0.1, 0.15) is 24.9 Å². The lowest BCUT2D eigenvalue weighted by Gasteiger charge is -2.23. The summed E-state index contributed by atoms with van der Waals surface area (Å²) in [5.74, 6) is 0.127. The molecule has 0 saturated heterocycles. The van der Waals surface area contributed by atoms with Crippen molar-refractivity contribution in [1.82, 2.24) is 5.32 Å². The van der Waals surface area contributed by atoms with E-state index in [2.05, 4.69) is 10.5 Å². The van der Waals surface area contributed by atoms with Crippen LogP contribution in [-0.4, -0.2) is 28.8 Å². The molecule has 0 spiro atoms. The number of nitrogens with zero attached hydrogens (tertiary/aromatic N) is 1. The van der Waals surface area contributed by atoms with Gasteiger partial charge in [-0.2, -0.15) is 0 Å². The minimum Gasteiger partial charge on any atom is -0.409 e. The highest BCUT2D eigenvalue weighted by molar-refractivity contribution is 5.85. The molecule has 0 bridgehead atoms. The molecule has 1 rings (SSSR count). The van der Waals surface area contributed by atoms with Crippen LogP contribution in [0.25, 0.3) is 0 Å².